The fourth-order valence-corrected chi connectivity index (χ4v) is 0.577. The van der Waals surface area contributed by atoms with Gasteiger partial charge in [0.15, 0.2) is 0 Å². The Labute approximate surface area is 69.5 Å². The van der Waals surface area contributed by atoms with Crippen LogP contribution in [0.3, 0.4) is 0 Å². The van der Waals surface area contributed by atoms with Gasteiger partial charge in [-0.15, -0.1) is 0 Å². The minimum atomic E-state index is -1.98. The highest BCUT2D eigenvalue weighted by Crippen LogP contribution is 2.12. The highest BCUT2D eigenvalue weighted by atomic mass is 19.3. The molecule has 0 aromatic heterocycles. The molecule has 0 aliphatic rings. The van der Waals surface area contributed by atoms with Crippen molar-refractivity contribution in [3.8, 4) is 0 Å². The summed E-state index contributed by atoms with van der Waals surface area (Å²) in [5, 5.41) is 0. The molecule has 0 aliphatic heterocycles. The summed E-state index contributed by atoms with van der Waals surface area (Å²) < 4.78 is 28.3. The Morgan fingerprint density at radius 2 is 2.17 bits per heavy atom. The fourth-order valence-electron chi connectivity index (χ4n) is 0.577. The first-order chi connectivity index (χ1) is 5.63. The van der Waals surface area contributed by atoms with Crippen LogP contribution in [0.1, 0.15) is 13.3 Å². The van der Waals surface area contributed by atoms with E-state index in [1.165, 1.54) is 13.0 Å². The van der Waals surface area contributed by atoms with E-state index in [2.05, 4.69) is 11.3 Å². The SMILES string of the molecule is C=CCOC(=O)C(CC)=C(F)F. The number of carbonyl (C=O) groups is 1. The zero-order valence-corrected chi connectivity index (χ0v) is 6.77. The molecule has 0 amide bonds. The summed E-state index contributed by atoms with van der Waals surface area (Å²) in [4.78, 5) is 10.8. The van der Waals surface area contributed by atoms with Crippen LogP contribution in [0.5, 0.6) is 0 Å². The lowest BCUT2D eigenvalue weighted by Crippen LogP contribution is -2.08. The van der Waals surface area contributed by atoms with Gasteiger partial charge in [0.1, 0.15) is 12.2 Å². The van der Waals surface area contributed by atoms with E-state index in [1.807, 2.05) is 0 Å². The maximum absolute atomic E-state index is 11.9. The van der Waals surface area contributed by atoms with E-state index < -0.39 is 17.6 Å². The van der Waals surface area contributed by atoms with E-state index in [4.69, 9.17) is 0 Å². The Kier molecular flexibility index (Phi) is 4.92. The van der Waals surface area contributed by atoms with Crippen molar-refractivity contribution in [3.63, 3.8) is 0 Å². The van der Waals surface area contributed by atoms with Crippen molar-refractivity contribution >= 4 is 5.97 Å². The molecule has 12 heavy (non-hydrogen) atoms. The lowest BCUT2D eigenvalue weighted by atomic mass is 10.2. The van der Waals surface area contributed by atoms with Gasteiger partial charge in [-0.2, -0.15) is 8.78 Å². The first-order valence-corrected chi connectivity index (χ1v) is 3.45. The van der Waals surface area contributed by atoms with Crippen LogP contribution < -0.4 is 0 Å². The molecule has 0 spiro atoms. The van der Waals surface area contributed by atoms with E-state index in [0.717, 1.165) is 0 Å². The highest BCUT2D eigenvalue weighted by Gasteiger charge is 2.14. The maximum atomic E-state index is 11.9. The molecule has 0 aromatic rings. The highest BCUT2D eigenvalue weighted by molar-refractivity contribution is 5.88. The first-order valence-electron chi connectivity index (χ1n) is 3.45. The van der Waals surface area contributed by atoms with Crippen molar-refractivity contribution in [2.45, 2.75) is 13.3 Å². The van der Waals surface area contributed by atoms with E-state index in [1.54, 1.807) is 0 Å². The summed E-state index contributed by atoms with van der Waals surface area (Å²) in [7, 11) is 0. The van der Waals surface area contributed by atoms with Crippen LogP contribution in [0.25, 0.3) is 0 Å². The summed E-state index contributed by atoms with van der Waals surface area (Å²) >= 11 is 0. The van der Waals surface area contributed by atoms with Crippen molar-refractivity contribution in [1.29, 1.82) is 0 Å². The van der Waals surface area contributed by atoms with Gasteiger partial charge in [0.25, 0.3) is 6.08 Å². The number of esters is 1. The largest absolute Gasteiger partial charge is 0.458 e. The quantitative estimate of drug-likeness (QED) is 0.373. The monoisotopic (exact) mass is 176 g/mol. The summed E-state index contributed by atoms with van der Waals surface area (Å²) in [5.74, 6) is -0.975. The van der Waals surface area contributed by atoms with Gasteiger partial charge in [0.2, 0.25) is 0 Å². The van der Waals surface area contributed by atoms with Gasteiger partial charge in [0.05, 0.1) is 0 Å². The van der Waals surface area contributed by atoms with Crippen LogP contribution in [-0.2, 0) is 9.53 Å². The third-order valence-electron chi connectivity index (χ3n) is 1.16. The van der Waals surface area contributed by atoms with Gasteiger partial charge in [0, 0.05) is 0 Å². The van der Waals surface area contributed by atoms with Crippen LogP contribution in [-0.4, -0.2) is 12.6 Å². The Hall–Kier alpha value is -1.19. The normalized spacial score (nSPS) is 8.92. The second-order valence-corrected chi connectivity index (χ2v) is 1.98. The van der Waals surface area contributed by atoms with E-state index in [9.17, 15) is 13.6 Å². The van der Waals surface area contributed by atoms with Gasteiger partial charge in [-0.25, -0.2) is 4.79 Å². The molecule has 0 atom stereocenters. The zero-order valence-electron chi connectivity index (χ0n) is 6.77. The average molecular weight is 176 g/mol. The average Bonchev–Trinajstić information content (AvgIpc) is 2.01. The fraction of sp³-hybridized carbons (Fsp3) is 0.375. The number of carbonyl (C=O) groups excluding carboxylic acids is 1. The topological polar surface area (TPSA) is 26.3 Å². The van der Waals surface area contributed by atoms with Crippen LogP contribution in [0.4, 0.5) is 8.78 Å². The zero-order chi connectivity index (χ0) is 9.56. The number of halogens is 2. The molecule has 0 heterocycles. The molecule has 0 fully saturated rings. The predicted molar refractivity (Wildman–Crippen MR) is 40.7 cm³/mol. The third kappa shape index (κ3) is 3.27. The summed E-state index contributed by atoms with van der Waals surface area (Å²) in [6.45, 7) is 4.70. The molecule has 0 saturated carbocycles. The van der Waals surface area contributed by atoms with Crippen molar-refractivity contribution in [1.82, 2.24) is 0 Å². The Morgan fingerprint density at radius 1 is 1.58 bits per heavy atom. The second kappa shape index (κ2) is 5.46. The summed E-state index contributed by atoms with van der Waals surface area (Å²) in [6, 6.07) is 0. The molecule has 0 N–H and O–H groups in total. The molecule has 0 rings (SSSR count). The molecule has 4 heteroatoms. The van der Waals surface area contributed by atoms with Crippen LogP contribution in [0, 0.1) is 0 Å². The molecular formula is C8H10F2O2. The third-order valence-corrected chi connectivity index (χ3v) is 1.16. The minimum Gasteiger partial charge on any atom is -0.458 e. The number of rotatable bonds is 4. The Bertz CT molecular complexity index is 205. The Balaban J connectivity index is 4.24. The molecule has 0 radical (unpaired) electrons. The van der Waals surface area contributed by atoms with Crippen LogP contribution >= 0.6 is 0 Å². The van der Waals surface area contributed by atoms with Crippen molar-refractivity contribution in [2.75, 3.05) is 6.61 Å². The van der Waals surface area contributed by atoms with Gasteiger partial charge < -0.3 is 4.74 Å². The van der Waals surface area contributed by atoms with E-state index in [0.29, 0.717) is 0 Å². The van der Waals surface area contributed by atoms with Crippen molar-refractivity contribution < 1.29 is 18.3 Å². The number of hydrogen-bond donors (Lipinski definition) is 0. The van der Waals surface area contributed by atoms with Gasteiger partial charge in [-0.05, 0) is 6.42 Å². The van der Waals surface area contributed by atoms with Gasteiger partial charge in [-0.3, -0.25) is 0 Å². The molecule has 0 saturated heterocycles. The molecule has 0 aromatic carbocycles. The van der Waals surface area contributed by atoms with Crippen molar-refractivity contribution in [3.05, 3.63) is 24.3 Å². The molecular weight excluding hydrogens is 166 g/mol. The molecule has 0 bridgehead atoms. The summed E-state index contributed by atoms with van der Waals surface area (Å²) in [5.41, 5.74) is -0.572. The van der Waals surface area contributed by atoms with Crippen LogP contribution in [0.15, 0.2) is 24.3 Å². The standard InChI is InChI=1S/C8H10F2O2/c1-3-5-12-8(11)6(4-2)7(9)10/h3H,1,4-5H2,2H3. The lowest BCUT2D eigenvalue weighted by Gasteiger charge is -2.01. The van der Waals surface area contributed by atoms with Crippen molar-refractivity contribution in [2.24, 2.45) is 0 Å². The minimum absolute atomic E-state index is 0.0295. The van der Waals surface area contributed by atoms with Crippen LogP contribution in [0.2, 0.25) is 0 Å². The number of ether oxygens (including phenoxy) is 1. The Morgan fingerprint density at radius 3 is 2.50 bits per heavy atom. The second-order valence-electron chi connectivity index (χ2n) is 1.98. The molecule has 68 valence electrons. The van der Waals surface area contributed by atoms with E-state index in [-0.39, 0.29) is 13.0 Å². The van der Waals surface area contributed by atoms with Gasteiger partial charge in [-0.1, -0.05) is 19.6 Å². The smallest absolute Gasteiger partial charge is 0.339 e. The first kappa shape index (κ1) is 10.8. The van der Waals surface area contributed by atoms with Gasteiger partial charge >= 0.3 is 5.97 Å². The predicted octanol–water partition coefficient (Wildman–Crippen LogP) is 2.28. The lowest BCUT2D eigenvalue weighted by molar-refractivity contribution is -0.138. The maximum Gasteiger partial charge on any atom is 0.339 e. The van der Waals surface area contributed by atoms with E-state index >= 15 is 0 Å². The molecule has 0 unspecified atom stereocenters. The molecule has 0 aliphatic carbocycles. The number of hydrogen-bond acceptors (Lipinski definition) is 2. The molecule has 2 nitrogen and oxygen atoms in total. The summed E-state index contributed by atoms with van der Waals surface area (Å²) in [6.07, 6.45) is -0.689.